The summed E-state index contributed by atoms with van der Waals surface area (Å²) in [6, 6.07) is 10.4. The van der Waals surface area contributed by atoms with Gasteiger partial charge in [-0.3, -0.25) is 4.79 Å². The third kappa shape index (κ3) is 4.79. The second-order valence-electron chi connectivity index (χ2n) is 6.78. The monoisotopic (exact) mass is 387 g/mol. The summed E-state index contributed by atoms with van der Waals surface area (Å²) in [6.45, 7) is 4.47. The van der Waals surface area contributed by atoms with Crippen LogP contribution in [-0.2, 0) is 9.53 Å². The van der Waals surface area contributed by atoms with E-state index in [1.807, 2.05) is 32.0 Å². The Bertz CT molecular complexity index is 868. The van der Waals surface area contributed by atoms with Crippen LogP contribution in [0.4, 0.5) is 4.39 Å². The fraction of sp³-hybridized carbons (Fsp3) is 0.333. The molecule has 148 valence electrons. The van der Waals surface area contributed by atoms with E-state index in [4.69, 9.17) is 14.2 Å². The van der Waals surface area contributed by atoms with Gasteiger partial charge < -0.3 is 19.5 Å². The lowest BCUT2D eigenvalue weighted by Crippen LogP contribution is -2.35. The van der Waals surface area contributed by atoms with Crippen LogP contribution in [0.15, 0.2) is 42.5 Å². The number of amides is 1. The van der Waals surface area contributed by atoms with Gasteiger partial charge in [0.05, 0.1) is 11.6 Å². The summed E-state index contributed by atoms with van der Waals surface area (Å²) >= 11 is 0. The number of ether oxygens (including phenoxy) is 3. The quantitative estimate of drug-likeness (QED) is 0.770. The predicted octanol–water partition coefficient (Wildman–Crippen LogP) is 3.27. The summed E-state index contributed by atoms with van der Waals surface area (Å²) in [5.41, 5.74) is 0.920. The van der Waals surface area contributed by atoms with Crippen molar-refractivity contribution in [2.75, 3.05) is 19.8 Å². The van der Waals surface area contributed by atoms with Gasteiger partial charge in [-0.05, 0) is 41.8 Å². The zero-order valence-electron chi connectivity index (χ0n) is 15.7. The van der Waals surface area contributed by atoms with Gasteiger partial charge in [0.25, 0.3) is 5.91 Å². The summed E-state index contributed by atoms with van der Waals surface area (Å²) in [5, 5.41) is 2.87. The lowest BCUT2D eigenvalue weighted by atomic mass is 9.95. The standard InChI is InChI=1S/C21H22FNO5/c1-13(2)20(14-6-7-17-18(11-14)27-9-8-26-17)23-19(24)12-28-21(25)15-4-3-5-16(22)10-15/h3-7,10-11,13,20H,8-9,12H2,1-2H3,(H,23,24)/t20-/m0/s1. The Morgan fingerprint density at radius 1 is 1.11 bits per heavy atom. The highest BCUT2D eigenvalue weighted by Gasteiger charge is 2.22. The summed E-state index contributed by atoms with van der Waals surface area (Å²) in [6.07, 6.45) is 0. The lowest BCUT2D eigenvalue weighted by Gasteiger charge is -2.25. The van der Waals surface area contributed by atoms with Gasteiger partial charge >= 0.3 is 5.97 Å². The van der Waals surface area contributed by atoms with E-state index in [0.717, 1.165) is 11.6 Å². The molecule has 28 heavy (non-hydrogen) atoms. The van der Waals surface area contributed by atoms with Gasteiger partial charge in [-0.15, -0.1) is 0 Å². The Morgan fingerprint density at radius 3 is 2.57 bits per heavy atom. The minimum Gasteiger partial charge on any atom is -0.486 e. The van der Waals surface area contributed by atoms with Gasteiger partial charge in [0, 0.05) is 0 Å². The minimum absolute atomic E-state index is 0.0556. The van der Waals surface area contributed by atoms with Crippen molar-refractivity contribution in [3.8, 4) is 11.5 Å². The first-order chi connectivity index (χ1) is 13.4. The molecule has 1 amide bonds. The molecule has 2 aromatic rings. The lowest BCUT2D eigenvalue weighted by molar-refractivity contribution is -0.125. The average Bonchev–Trinajstić information content (AvgIpc) is 2.69. The van der Waals surface area contributed by atoms with Crippen molar-refractivity contribution in [1.82, 2.24) is 5.32 Å². The fourth-order valence-electron chi connectivity index (χ4n) is 2.93. The van der Waals surface area contributed by atoms with Gasteiger partial charge in [-0.2, -0.15) is 0 Å². The van der Waals surface area contributed by atoms with Crippen LogP contribution in [0, 0.1) is 11.7 Å². The maximum atomic E-state index is 13.2. The van der Waals surface area contributed by atoms with Crippen molar-refractivity contribution >= 4 is 11.9 Å². The average molecular weight is 387 g/mol. The Balaban J connectivity index is 1.62. The SMILES string of the molecule is CC(C)[C@H](NC(=O)COC(=O)c1cccc(F)c1)c1ccc2c(c1)OCCO2. The number of fused-ring (bicyclic) bond motifs is 1. The number of halogens is 1. The first-order valence-corrected chi connectivity index (χ1v) is 9.05. The molecule has 0 fully saturated rings. The number of hydrogen-bond acceptors (Lipinski definition) is 5. The van der Waals surface area contributed by atoms with E-state index in [1.54, 1.807) is 0 Å². The van der Waals surface area contributed by atoms with Crippen molar-refractivity contribution < 1.29 is 28.2 Å². The molecule has 1 aliphatic heterocycles. The molecule has 0 saturated carbocycles. The first-order valence-electron chi connectivity index (χ1n) is 9.05. The third-order valence-corrected chi connectivity index (χ3v) is 4.30. The van der Waals surface area contributed by atoms with Gasteiger partial charge in [0.15, 0.2) is 18.1 Å². The highest BCUT2D eigenvalue weighted by molar-refractivity contribution is 5.91. The topological polar surface area (TPSA) is 73.9 Å². The zero-order valence-corrected chi connectivity index (χ0v) is 15.7. The summed E-state index contributed by atoms with van der Waals surface area (Å²) < 4.78 is 29.3. The molecule has 1 heterocycles. The number of carbonyl (C=O) groups excluding carboxylic acids is 2. The molecule has 2 aromatic carbocycles. The number of esters is 1. The second-order valence-corrected chi connectivity index (χ2v) is 6.78. The Morgan fingerprint density at radius 2 is 1.86 bits per heavy atom. The molecule has 0 aliphatic carbocycles. The summed E-state index contributed by atoms with van der Waals surface area (Å²) in [5.74, 6) is -0.342. The zero-order chi connectivity index (χ0) is 20.1. The number of rotatable bonds is 6. The number of nitrogens with one attached hydrogen (secondary N) is 1. The third-order valence-electron chi connectivity index (χ3n) is 4.30. The van der Waals surface area contributed by atoms with E-state index in [2.05, 4.69) is 5.32 Å². The van der Waals surface area contributed by atoms with E-state index in [1.165, 1.54) is 18.2 Å². The molecule has 7 heteroatoms. The van der Waals surface area contributed by atoms with E-state index >= 15 is 0 Å². The Kier molecular flexibility index (Phi) is 6.13. The molecule has 0 unspecified atom stereocenters. The van der Waals surface area contributed by atoms with Crippen LogP contribution < -0.4 is 14.8 Å². The summed E-state index contributed by atoms with van der Waals surface area (Å²) in [7, 11) is 0. The van der Waals surface area contributed by atoms with Gasteiger partial charge in [0.2, 0.25) is 0 Å². The number of hydrogen-bond donors (Lipinski definition) is 1. The number of carbonyl (C=O) groups is 2. The molecule has 6 nitrogen and oxygen atoms in total. The van der Waals surface area contributed by atoms with Gasteiger partial charge in [0.1, 0.15) is 19.0 Å². The van der Waals surface area contributed by atoms with Crippen molar-refractivity contribution in [2.45, 2.75) is 19.9 Å². The van der Waals surface area contributed by atoms with E-state index in [0.29, 0.717) is 24.7 Å². The van der Waals surface area contributed by atoms with E-state index in [9.17, 15) is 14.0 Å². The maximum Gasteiger partial charge on any atom is 0.338 e. The van der Waals surface area contributed by atoms with Gasteiger partial charge in [-0.1, -0.05) is 26.0 Å². The van der Waals surface area contributed by atoms with Crippen molar-refractivity contribution in [3.63, 3.8) is 0 Å². The molecule has 0 radical (unpaired) electrons. The van der Waals surface area contributed by atoms with Crippen LogP contribution in [-0.4, -0.2) is 31.7 Å². The number of benzene rings is 2. The molecule has 0 bridgehead atoms. The van der Waals surface area contributed by atoms with E-state index in [-0.39, 0.29) is 17.5 Å². The molecule has 3 rings (SSSR count). The molecule has 0 aromatic heterocycles. The van der Waals surface area contributed by atoms with Crippen LogP contribution in [0.5, 0.6) is 11.5 Å². The second kappa shape index (κ2) is 8.73. The van der Waals surface area contributed by atoms with E-state index < -0.39 is 24.3 Å². The minimum atomic E-state index is -0.755. The van der Waals surface area contributed by atoms with Crippen molar-refractivity contribution in [3.05, 3.63) is 59.4 Å². The Hall–Kier alpha value is -3.09. The predicted molar refractivity (Wildman–Crippen MR) is 99.8 cm³/mol. The fourth-order valence-corrected chi connectivity index (χ4v) is 2.93. The molecule has 1 aliphatic rings. The van der Waals surface area contributed by atoms with Crippen molar-refractivity contribution in [2.24, 2.45) is 5.92 Å². The van der Waals surface area contributed by atoms with Crippen LogP contribution >= 0.6 is 0 Å². The maximum absolute atomic E-state index is 13.2. The van der Waals surface area contributed by atoms with Crippen LogP contribution in [0.1, 0.15) is 35.8 Å². The van der Waals surface area contributed by atoms with Crippen LogP contribution in [0.3, 0.4) is 0 Å². The largest absolute Gasteiger partial charge is 0.486 e. The smallest absolute Gasteiger partial charge is 0.338 e. The summed E-state index contributed by atoms with van der Waals surface area (Å²) in [4.78, 5) is 24.3. The molecule has 1 atom stereocenters. The Labute approximate surface area is 162 Å². The molecular formula is C21H22FNO5. The van der Waals surface area contributed by atoms with Crippen LogP contribution in [0.2, 0.25) is 0 Å². The highest BCUT2D eigenvalue weighted by Crippen LogP contribution is 2.34. The van der Waals surface area contributed by atoms with Crippen LogP contribution in [0.25, 0.3) is 0 Å². The highest BCUT2D eigenvalue weighted by atomic mass is 19.1. The normalized spacial score (nSPS) is 13.7. The molecule has 1 N–H and O–H groups in total. The first kappa shape index (κ1) is 19.7. The van der Waals surface area contributed by atoms with Crippen molar-refractivity contribution in [1.29, 1.82) is 0 Å². The molecule has 0 spiro atoms. The molecular weight excluding hydrogens is 365 g/mol. The molecule has 0 saturated heterocycles. The van der Waals surface area contributed by atoms with Gasteiger partial charge in [-0.25, -0.2) is 9.18 Å².